The summed E-state index contributed by atoms with van der Waals surface area (Å²) in [5.74, 6) is 2.70. The first-order valence-corrected chi connectivity index (χ1v) is 6.86. The Balaban J connectivity index is 2.19. The Labute approximate surface area is 87.1 Å². The van der Waals surface area contributed by atoms with Crippen LogP contribution in [0.5, 0.6) is 0 Å². The van der Waals surface area contributed by atoms with Crippen LogP contribution in [0.2, 0.25) is 0 Å². The lowest BCUT2D eigenvalue weighted by Crippen LogP contribution is -2.38. The fraction of sp³-hybridized carbons (Fsp3) is 1.00. The SMILES string of the molecule is CCCC(CCC)NC1CCSC1. The van der Waals surface area contributed by atoms with Gasteiger partial charge in [-0.05, 0) is 25.0 Å². The molecule has 1 unspecified atom stereocenters. The summed E-state index contributed by atoms with van der Waals surface area (Å²) in [4.78, 5) is 0. The van der Waals surface area contributed by atoms with E-state index >= 15 is 0 Å². The highest BCUT2D eigenvalue weighted by Gasteiger charge is 2.18. The maximum Gasteiger partial charge on any atom is 0.0168 e. The van der Waals surface area contributed by atoms with E-state index in [2.05, 4.69) is 30.9 Å². The second-order valence-corrected chi connectivity index (χ2v) is 5.15. The van der Waals surface area contributed by atoms with E-state index in [1.807, 2.05) is 0 Å². The van der Waals surface area contributed by atoms with Gasteiger partial charge >= 0.3 is 0 Å². The molecule has 0 spiro atoms. The molecule has 1 aliphatic heterocycles. The zero-order valence-electron chi connectivity index (χ0n) is 9.01. The first kappa shape index (κ1) is 11.4. The smallest absolute Gasteiger partial charge is 0.0168 e. The van der Waals surface area contributed by atoms with Gasteiger partial charge in [0.2, 0.25) is 0 Å². The molecule has 1 aliphatic rings. The highest BCUT2D eigenvalue weighted by atomic mass is 32.2. The summed E-state index contributed by atoms with van der Waals surface area (Å²) in [6, 6.07) is 1.60. The zero-order chi connectivity index (χ0) is 9.52. The average Bonchev–Trinajstić information content (AvgIpc) is 2.58. The van der Waals surface area contributed by atoms with E-state index in [-0.39, 0.29) is 0 Å². The van der Waals surface area contributed by atoms with Crippen molar-refractivity contribution in [3.8, 4) is 0 Å². The van der Waals surface area contributed by atoms with Gasteiger partial charge in [0, 0.05) is 17.8 Å². The monoisotopic (exact) mass is 201 g/mol. The number of nitrogens with one attached hydrogen (secondary N) is 1. The normalized spacial score (nSPS) is 22.8. The summed E-state index contributed by atoms with van der Waals surface area (Å²) < 4.78 is 0. The minimum atomic E-state index is 0.790. The minimum Gasteiger partial charge on any atom is -0.310 e. The van der Waals surface area contributed by atoms with E-state index in [0.29, 0.717) is 0 Å². The molecular weight excluding hydrogens is 178 g/mol. The largest absolute Gasteiger partial charge is 0.310 e. The maximum absolute atomic E-state index is 3.80. The third kappa shape index (κ3) is 4.37. The topological polar surface area (TPSA) is 12.0 Å². The van der Waals surface area contributed by atoms with E-state index < -0.39 is 0 Å². The van der Waals surface area contributed by atoms with Gasteiger partial charge in [-0.1, -0.05) is 26.7 Å². The van der Waals surface area contributed by atoms with Crippen LogP contribution >= 0.6 is 11.8 Å². The van der Waals surface area contributed by atoms with E-state index in [1.165, 1.54) is 43.6 Å². The highest BCUT2D eigenvalue weighted by molar-refractivity contribution is 7.99. The van der Waals surface area contributed by atoms with Gasteiger partial charge in [-0.3, -0.25) is 0 Å². The van der Waals surface area contributed by atoms with Gasteiger partial charge in [0.1, 0.15) is 0 Å². The van der Waals surface area contributed by atoms with Crippen molar-refractivity contribution in [2.24, 2.45) is 0 Å². The van der Waals surface area contributed by atoms with Crippen molar-refractivity contribution in [3.63, 3.8) is 0 Å². The quantitative estimate of drug-likeness (QED) is 0.709. The molecule has 0 saturated carbocycles. The number of hydrogen-bond donors (Lipinski definition) is 1. The molecular formula is C11H23NS. The molecule has 78 valence electrons. The van der Waals surface area contributed by atoms with Crippen molar-refractivity contribution in [2.45, 2.75) is 58.0 Å². The third-order valence-electron chi connectivity index (χ3n) is 2.68. The van der Waals surface area contributed by atoms with Gasteiger partial charge in [-0.15, -0.1) is 0 Å². The second-order valence-electron chi connectivity index (χ2n) is 4.00. The highest BCUT2D eigenvalue weighted by Crippen LogP contribution is 2.18. The van der Waals surface area contributed by atoms with E-state index in [0.717, 1.165) is 12.1 Å². The molecule has 0 aliphatic carbocycles. The number of rotatable bonds is 6. The van der Waals surface area contributed by atoms with Crippen LogP contribution in [0.1, 0.15) is 46.0 Å². The Morgan fingerprint density at radius 3 is 2.46 bits per heavy atom. The standard InChI is InChI=1S/C11H23NS/c1-3-5-10(6-4-2)12-11-7-8-13-9-11/h10-12H,3-9H2,1-2H3. The molecule has 1 heterocycles. The summed E-state index contributed by atoms with van der Waals surface area (Å²) in [7, 11) is 0. The van der Waals surface area contributed by atoms with Crippen LogP contribution in [0.15, 0.2) is 0 Å². The van der Waals surface area contributed by atoms with Crippen molar-refractivity contribution in [3.05, 3.63) is 0 Å². The first-order valence-electron chi connectivity index (χ1n) is 5.70. The molecule has 2 heteroatoms. The lowest BCUT2D eigenvalue weighted by molar-refractivity contribution is 0.400. The van der Waals surface area contributed by atoms with Crippen molar-refractivity contribution in [2.75, 3.05) is 11.5 Å². The van der Waals surface area contributed by atoms with Crippen LogP contribution in [0.25, 0.3) is 0 Å². The fourth-order valence-corrected chi connectivity index (χ4v) is 3.17. The van der Waals surface area contributed by atoms with Crippen molar-refractivity contribution < 1.29 is 0 Å². The molecule has 1 rings (SSSR count). The van der Waals surface area contributed by atoms with Crippen LogP contribution in [-0.2, 0) is 0 Å². The van der Waals surface area contributed by atoms with E-state index in [1.54, 1.807) is 0 Å². The summed E-state index contributed by atoms with van der Waals surface area (Å²) in [5, 5.41) is 3.80. The average molecular weight is 201 g/mol. The molecule has 0 radical (unpaired) electrons. The molecule has 1 nitrogen and oxygen atoms in total. The summed E-state index contributed by atoms with van der Waals surface area (Å²) in [6.45, 7) is 4.57. The summed E-state index contributed by atoms with van der Waals surface area (Å²) >= 11 is 2.10. The van der Waals surface area contributed by atoms with Crippen LogP contribution in [0.4, 0.5) is 0 Å². The van der Waals surface area contributed by atoms with E-state index in [4.69, 9.17) is 0 Å². The molecule has 13 heavy (non-hydrogen) atoms. The predicted octanol–water partition coefficient (Wildman–Crippen LogP) is 3.05. The van der Waals surface area contributed by atoms with Gasteiger partial charge in [-0.25, -0.2) is 0 Å². The molecule has 0 amide bonds. The molecule has 0 aromatic rings. The lowest BCUT2D eigenvalue weighted by atomic mass is 10.1. The third-order valence-corrected chi connectivity index (χ3v) is 3.84. The maximum atomic E-state index is 3.80. The summed E-state index contributed by atoms with van der Waals surface area (Å²) in [5.41, 5.74) is 0. The van der Waals surface area contributed by atoms with Gasteiger partial charge < -0.3 is 5.32 Å². The van der Waals surface area contributed by atoms with Gasteiger partial charge in [0.15, 0.2) is 0 Å². The van der Waals surface area contributed by atoms with Crippen LogP contribution in [0, 0.1) is 0 Å². The molecule has 0 aromatic carbocycles. The number of thioether (sulfide) groups is 1. The van der Waals surface area contributed by atoms with Crippen LogP contribution in [-0.4, -0.2) is 23.6 Å². The fourth-order valence-electron chi connectivity index (χ4n) is 2.01. The Bertz CT molecular complexity index is 115. The molecule has 1 atom stereocenters. The van der Waals surface area contributed by atoms with Crippen LogP contribution < -0.4 is 5.32 Å². The van der Waals surface area contributed by atoms with Crippen LogP contribution in [0.3, 0.4) is 0 Å². The second kappa shape index (κ2) is 6.72. The van der Waals surface area contributed by atoms with Crippen molar-refractivity contribution in [1.29, 1.82) is 0 Å². The lowest BCUT2D eigenvalue weighted by Gasteiger charge is -2.21. The molecule has 0 aromatic heterocycles. The van der Waals surface area contributed by atoms with Gasteiger partial charge in [-0.2, -0.15) is 11.8 Å². The Hall–Kier alpha value is 0.310. The van der Waals surface area contributed by atoms with Gasteiger partial charge in [0.25, 0.3) is 0 Å². The first-order chi connectivity index (χ1) is 6.36. The molecule has 1 N–H and O–H groups in total. The number of hydrogen-bond acceptors (Lipinski definition) is 2. The Morgan fingerprint density at radius 2 is 2.00 bits per heavy atom. The van der Waals surface area contributed by atoms with Crippen molar-refractivity contribution >= 4 is 11.8 Å². The minimum absolute atomic E-state index is 0.790. The zero-order valence-corrected chi connectivity index (χ0v) is 9.83. The summed E-state index contributed by atoms with van der Waals surface area (Å²) in [6.07, 6.45) is 6.73. The molecule has 1 fully saturated rings. The van der Waals surface area contributed by atoms with E-state index in [9.17, 15) is 0 Å². The van der Waals surface area contributed by atoms with Crippen molar-refractivity contribution in [1.82, 2.24) is 5.32 Å². The Morgan fingerprint density at radius 1 is 1.31 bits per heavy atom. The Kier molecular flexibility index (Phi) is 5.88. The van der Waals surface area contributed by atoms with Gasteiger partial charge in [0.05, 0.1) is 0 Å². The molecule has 0 bridgehead atoms. The molecule has 1 saturated heterocycles. The predicted molar refractivity (Wildman–Crippen MR) is 62.5 cm³/mol.